The molecule has 2 saturated heterocycles. The predicted molar refractivity (Wildman–Crippen MR) is 63.9 cm³/mol. The summed E-state index contributed by atoms with van der Waals surface area (Å²) in [7, 11) is 1.28. The number of methoxy groups -OCH3 is 1. The molecule has 0 saturated carbocycles. The Bertz CT molecular complexity index is 492. The van der Waals surface area contributed by atoms with Crippen molar-refractivity contribution in [2.75, 3.05) is 7.11 Å². The number of ether oxygens (including phenoxy) is 2. The molecule has 2 atom stereocenters. The van der Waals surface area contributed by atoms with E-state index in [1.165, 1.54) is 19.2 Å². The Morgan fingerprint density at radius 3 is 2.42 bits per heavy atom. The van der Waals surface area contributed by atoms with Crippen LogP contribution in [0.15, 0.2) is 12.1 Å². The Morgan fingerprint density at radius 2 is 1.84 bits per heavy atom. The van der Waals surface area contributed by atoms with Crippen LogP contribution in [0, 0.1) is 11.6 Å². The van der Waals surface area contributed by atoms with Gasteiger partial charge < -0.3 is 14.6 Å². The molecule has 19 heavy (non-hydrogen) atoms. The van der Waals surface area contributed by atoms with Crippen molar-refractivity contribution in [3.63, 3.8) is 0 Å². The van der Waals surface area contributed by atoms with Gasteiger partial charge in [0.15, 0.2) is 11.6 Å². The Labute approximate surface area is 110 Å². The lowest BCUT2D eigenvalue weighted by Gasteiger charge is -2.37. The molecular weight excluding hydrogens is 254 g/mol. The molecule has 0 aromatic heterocycles. The molecule has 1 aromatic carbocycles. The zero-order valence-electron chi connectivity index (χ0n) is 10.7. The maximum absolute atomic E-state index is 14.1. The van der Waals surface area contributed by atoms with Crippen LogP contribution in [-0.2, 0) is 10.3 Å². The van der Waals surface area contributed by atoms with Gasteiger partial charge in [-0.25, -0.2) is 4.39 Å². The topological polar surface area (TPSA) is 38.7 Å². The average molecular weight is 270 g/mol. The van der Waals surface area contributed by atoms with Crippen LogP contribution >= 0.6 is 0 Å². The summed E-state index contributed by atoms with van der Waals surface area (Å²) in [5, 5.41) is 10.7. The second kappa shape index (κ2) is 4.42. The van der Waals surface area contributed by atoms with Gasteiger partial charge in [-0.2, -0.15) is 4.39 Å². The molecule has 2 aliphatic heterocycles. The molecule has 5 heteroatoms. The first-order valence-corrected chi connectivity index (χ1v) is 6.44. The van der Waals surface area contributed by atoms with E-state index in [2.05, 4.69) is 0 Å². The minimum Gasteiger partial charge on any atom is -0.494 e. The number of halogens is 2. The standard InChI is InChI=1S/C14H16F2O3/c1-18-11-5-4-10(12(15)13(11)16)14(17)6-8-2-3-9(7-14)19-8/h4-5,8-9,17H,2-3,6-7H2,1H3. The van der Waals surface area contributed by atoms with Crippen LogP contribution < -0.4 is 4.74 Å². The summed E-state index contributed by atoms with van der Waals surface area (Å²) in [6.07, 6.45) is 2.24. The SMILES string of the molecule is COc1ccc(C2(O)CC3CCC(C2)O3)c(F)c1F. The van der Waals surface area contributed by atoms with Gasteiger partial charge in [-0.3, -0.25) is 0 Å². The largest absolute Gasteiger partial charge is 0.494 e. The van der Waals surface area contributed by atoms with Gasteiger partial charge in [-0.05, 0) is 25.0 Å². The van der Waals surface area contributed by atoms with Gasteiger partial charge in [0, 0.05) is 18.4 Å². The first-order valence-electron chi connectivity index (χ1n) is 6.44. The van der Waals surface area contributed by atoms with Crippen LogP contribution in [-0.4, -0.2) is 24.4 Å². The van der Waals surface area contributed by atoms with E-state index in [4.69, 9.17) is 9.47 Å². The minimum absolute atomic E-state index is 0.00556. The van der Waals surface area contributed by atoms with Gasteiger partial charge in [0.2, 0.25) is 5.82 Å². The molecule has 2 aliphatic rings. The maximum Gasteiger partial charge on any atom is 0.200 e. The van der Waals surface area contributed by atoms with E-state index in [0.29, 0.717) is 12.8 Å². The molecule has 3 rings (SSSR count). The van der Waals surface area contributed by atoms with Crippen molar-refractivity contribution in [3.8, 4) is 5.75 Å². The third-order valence-corrected chi connectivity index (χ3v) is 4.09. The summed E-state index contributed by atoms with van der Waals surface area (Å²) < 4.78 is 38.2. The highest BCUT2D eigenvalue weighted by atomic mass is 19.2. The quantitative estimate of drug-likeness (QED) is 0.897. The lowest BCUT2D eigenvalue weighted by Crippen LogP contribution is -2.39. The molecule has 2 heterocycles. The van der Waals surface area contributed by atoms with E-state index in [-0.39, 0.29) is 23.5 Å². The highest BCUT2D eigenvalue weighted by Crippen LogP contribution is 2.45. The maximum atomic E-state index is 14.1. The number of hydrogen-bond acceptors (Lipinski definition) is 3. The molecule has 2 fully saturated rings. The van der Waals surface area contributed by atoms with Crippen LogP contribution in [0.3, 0.4) is 0 Å². The molecule has 1 aromatic rings. The summed E-state index contributed by atoms with van der Waals surface area (Å²) in [6.45, 7) is 0. The van der Waals surface area contributed by atoms with Crippen molar-refractivity contribution in [1.29, 1.82) is 0 Å². The smallest absolute Gasteiger partial charge is 0.200 e. The average Bonchev–Trinajstić information content (AvgIpc) is 2.72. The van der Waals surface area contributed by atoms with E-state index in [1.54, 1.807) is 0 Å². The van der Waals surface area contributed by atoms with Crippen LogP contribution in [0.5, 0.6) is 5.75 Å². The lowest BCUT2D eigenvalue weighted by atomic mass is 9.83. The van der Waals surface area contributed by atoms with Gasteiger partial charge >= 0.3 is 0 Å². The van der Waals surface area contributed by atoms with Crippen molar-refractivity contribution >= 4 is 0 Å². The first kappa shape index (κ1) is 12.8. The van der Waals surface area contributed by atoms with Crippen LogP contribution in [0.4, 0.5) is 8.78 Å². The minimum atomic E-state index is -1.35. The van der Waals surface area contributed by atoms with Gasteiger partial charge in [-0.1, -0.05) is 0 Å². The van der Waals surface area contributed by atoms with Crippen molar-refractivity contribution < 1.29 is 23.4 Å². The molecule has 0 aliphatic carbocycles. The van der Waals surface area contributed by atoms with Crippen LogP contribution in [0.2, 0.25) is 0 Å². The Kier molecular flexibility index (Phi) is 2.98. The van der Waals surface area contributed by atoms with Crippen molar-refractivity contribution in [2.45, 2.75) is 43.5 Å². The summed E-state index contributed by atoms with van der Waals surface area (Å²) >= 11 is 0. The lowest BCUT2D eigenvalue weighted by molar-refractivity contribution is -0.117. The molecule has 0 spiro atoms. The third kappa shape index (κ3) is 2.01. The second-order valence-electron chi connectivity index (χ2n) is 5.34. The molecule has 0 radical (unpaired) electrons. The van der Waals surface area contributed by atoms with Crippen LogP contribution in [0.1, 0.15) is 31.2 Å². The van der Waals surface area contributed by atoms with Gasteiger partial charge in [0.05, 0.1) is 24.9 Å². The fourth-order valence-electron chi connectivity index (χ4n) is 3.19. The molecule has 1 N–H and O–H groups in total. The summed E-state index contributed by atoms with van der Waals surface area (Å²) in [4.78, 5) is 0. The number of rotatable bonds is 2. The van der Waals surface area contributed by atoms with E-state index < -0.39 is 17.2 Å². The monoisotopic (exact) mass is 270 g/mol. The van der Waals surface area contributed by atoms with Gasteiger partial charge in [0.25, 0.3) is 0 Å². The molecule has 2 unspecified atom stereocenters. The van der Waals surface area contributed by atoms with Gasteiger partial charge in [0.1, 0.15) is 0 Å². The molecular formula is C14H16F2O3. The summed E-state index contributed by atoms with van der Waals surface area (Å²) in [5.41, 5.74) is -1.34. The van der Waals surface area contributed by atoms with Crippen LogP contribution in [0.25, 0.3) is 0 Å². The highest BCUT2D eigenvalue weighted by molar-refractivity contribution is 5.35. The summed E-state index contributed by atoms with van der Waals surface area (Å²) in [6, 6.07) is 2.76. The molecule has 2 bridgehead atoms. The predicted octanol–water partition coefficient (Wildman–Crippen LogP) is 2.50. The fourth-order valence-corrected chi connectivity index (χ4v) is 3.19. The van der Waals surface area contributed by atoms with Crippen molar-refractivity contribution in [2.24, 2.45) is 0 Å². The number of fused-ring (bicyclic) bond motifs is 2. The first-order chi connectivity index (χ1) is 9.03. The Morgan fingerprint density at radius 1 is 1.21 bits per heavy atom. The van der Waals surface area contributed by atoms with E-state index in [0.717, 1.165) is 12.8 Å². The Hall–Kier alpha value is -1.20. The molecule has 0 amide bonds. The van der Waals surface area contributed by atoms with E-state index in [9.17, 15) is 13.9 Å². The molecule has 3 nitrogen and oxygen atoms in total. The molecule has 104 valence electrons. The highest BCUT2D eigenvalue weighted by Gasteiger charge is 2.46. The third-order valence-electron chi connectivity index (χ3n) is 4.09. The zero-order chi connectivity index (χ0) is 13.6. The van der Waals surface area contributed by atoms with E-state index >= 15 is 0 Å². The normalized spacial score (nSPS) is 33.5. The number of benzene rings is 1. The van der Waals surface area contributed by atoms with Crippen molar-refractivity contribution in [3.05, 3.63) is 29.3 Å². The Balaban J connectivity index is 2.00. The van der Waals surface area contributed by atoms with Crippen molar-refractivity contribution in [1.82, 2.24) is 0 Å². The van der Waals surface area contributed by atoms with E-state index in [1.807, 2.05) is 0 Å². The zero-order valence-corrected chi connectivity index (χ0v) is 10.7. The number of hydrogen-bond donors (Lipinski definition) is 1. The van der Waals surface area contributed by atoms with Gasteiger partial charge in [-0.15, -0.1) is 0 Å². The number of aliphatic hydroxyl groups is 1. The fraction of sp³-hybridized carbons (Fsp3) is 0.571. The summed E-state index contributed by atoms with van der Waals surface area (Å²) in [5.74, 6) is -2.23. The second-order valence-corrected chi connectivity index (χ2v) is 5.34.